The summed E-state index contributed by atoms with van der Waals surface area (Å²) in [6.07, 6.45) is 5.30. The van der Waals surface area contributed by atoms with Gasteiger partial charge in [-0.3, -0.25) is 0 Å². The van der Waals surface area contributed by atoms with E-state index in [9.17, 15) is 4.79 Å². The van der Waals surface area contributed by atoms with Crippen LogP contribution in [0.15, 0.2) is 24.5 Å². The van der Waals surface area contributed by atoms with Gasteiger partial charge < -0.3 is 9.67 Å². The smallest absolute Gasteiger partial charge is 0.335 e. The first kappa shape index (κ1) is 11.6. The highest BCUT2D eigenvalue weighted by Gasteiger charge is 2.07. The molecular weight excluding hydrogens is 216 g/mol. The Labute approximate surface area is 99.9 Å². The van der Waals surface area contributed by atoms with Crippen molar-refractivity contribution in [1.29, 1.82) is 0 Å². The lowest BCUT2D eigenvalue weighted by molar-refractivity contribution is 0.0697. The monoisotopic (exact) mass is 232 g/mol. The SMILES string of the molecule is CCCCCn1cnc2cc(C(=O)O)ccc21. The van der Waals surface area contributed by atoms with Crippen LogP contribution in [0.2, 0.25) is 0 Å². The molecule has 1 heterocycles. The molecule has 0 spiro atoms. The number of aromatic nitrogens is 2. The van der Waals surface area contributed by atoms with Gasteiger partial charge in [0.05, 0.1) is 22.9 Å². The standard InChI is InChI=1S/C13H16N2O2/c1-2-3-4-7-15-9-14-11-8-10(13(16)17)5-6-12(11)15/h5-6,8-9H,2-4,7H2,1H3,(H,16,17). The fourth-order valence-electron chi connectivity index (χ4n) is 1.91. The minimum Gasteiger partial charge on any atom is -0.478 e. The summed E-state index contributed by atoms with van der Waals surface area (Å²) in [5.74, 6) is -0.910. The summed E-state index contributed by atoms with van der Waals surface area (Å²) in [6.45, 7) is 3.11. The largest absolute Gasteiger partial charge is 0.478 e. The van der Waals surface area contributed by atoms with E-state index in [-0.39, 0.29) is 5.56 Å². The van der Waals surface area contributed by atoms with Crippen molar-refractivity contribution in [1.82, 2.24) is 9.55 Å². The highest BCUT2D eigenvalue weighted by atomic mass is 16.4. The van der Waals surface area contributed by atoms with Gasteiger partial charge in [-0.05, 0) is 24.6 Å². The van der Waals surface area contributed by atoms with E-state index in [1.807, 2.05) is 6.07 Å². The topological polar surface area (TPSA) is 55.1 Å². The summed E-state index contributed by atoms with van der Waals surface area (Å²) in [5.41, 5.74) is 2.05. The van der Waals surface area contributed by atoms with Crippen LogP contribution in [0.25, 0.3) is 11.0 Å². The number of aromatic carboxylic acids is 1. The zero-order valence-electron chi connectivity index (χ0n) is 9.89. The van der Waals surface area contributed by atoms with Crippen molar-refractivity contribution in [2.24, 2.45) is 0 Å². The fourth-order valence-corrected chi connectivity index (χ4v) is 1.91. The molecule has 17 heavy (non-hydrogen) atoms. The van der Waals surface area contributed by atoms with E-state index in [0.717, 1.165) is 24.0 Å². The first-order valence-electron chi connectivity index (χ1n) is 5.90. The minimum atomic E-state index is -0.910. The molecule has 0 saturated heterocycles. The molecular formula is C13H16N2O2. The summed E-state index contributed by atoms with van der Waals surface area (Å²) >= 11 is 0. The molecule has 2 aromatic rings. The van der Waals surface area contributed by atoms with Crippen molar-refractivity contribution in [3.8, 4) is 0 Å². The van der Waals surface area contributed by atoms with Crippen molar-refractivity contribution >= 4 is 17.0 Å². The first-order chi connectivity index (χ1) is 8.22. The lowest BCUT2D eigenvalue weighted by Gasteiger charge is -2.03. The Morgan fingerprint density at radius 2 is 2.24 bits per heavy atom. The van der Waals surface area contributed by atoms with Gasteiger partial charge in [-0.1, -0.05) is 19.8 Å². The summed E-state index contributed by atoms with van der Waals surface area (Å²) in [5, 5.41) is 8.89. The van der Waals surface area contributed by atoms with Crippen LogP contribution >= 0.6 is 0 Å². The second kappa shape index (κ2) is 4.99. The molecule has 1 N–H and O–H groups in total. The predicted octanol–water partition coefficient (Wildman–Crippen LogP) is 2.92. The van der Waals surface area contributed by atoms with Gasteiger partial charge in [0.2, 0.25) is 0 Å². The molecule has 0 unspecified atom stereocenters. The molecule has 0 aliphatic rings. The van der Waals surface area contributed by atoms with Gasteiger partial charge in [0, 0.05) is 6.54 Å². The quantitative estimate of drug-likeness (QED) is 0.806. The number of hydrogen-bond donors (Lipinski definition) is 1. The van der Waals surface area contributed by atoms with Crippen LogP contribution < -0.4 is 0 Å². The van der Waals surface area contributed by atoms with Crippen LogP contribution in [0, 0.1) is 0 Å². The summed E-state index contributed by atoms with van der Waals surface area (Å²) in [7, 11) is 0. The normalized spacial score (nSPS) is 10.9. The Hall–Kier alpha value is -1.84. The molecule has 0 radical (unpaired) electrons. The number of rotatable bonds is 5. The maximum Gasteiger partial charge on any atom is 0.335 e. The first-order valence-corrected chi connectivity index (χ1v) is 5.90. The van der Waals surface area contributed by atoms with Crippen molar-refractivity contribution in [2.45, 2.75) is 32.7 Å². The number of nitrogens with zero attached hydrogens (tertiary/aromatic N) is 2. The number of unbranched alkanes of at least 4 members (excludes halogenated alkanes) is 2. The molecule has 4 heteroatoms. The highest BCUT2D eigenvalue weighted by Crippen LogP contribution is 2.16. The molecule has 0 saturated carbocycles. The summed E-state index contributed by atoms with van der Waals surface area (Å²) < 4.78 is 2.08. The Kier molecular flexibility index (Phi) is 3.42. The van der Waals surface area contributed by atoms with Gasteiger partial charge in [-0.15, -0.1) is 0 Å². The van der Waals surface area contributed by atoms with E-state index in [4.69, 9.17) is 5.11 Å². The van der Waals surface area contributed by atoms with Gasteiger partial charge in [0.1, 0.15) is 0 Å². The number of carbonyl (C=O) groups is 1. The summed E-state index contributed by atoms with van der Waals surface area (Å²) in [4.78, 5) is 15.1. The number of fused-ring (bicyclic) bond motifs is 1. The van der Waals surface area contributed by atoms with E-state index in [1.165, 1.54) is 12.8 Å². The van der Waals surface area contributed by atoms with Crippen LogP contribution in [-0.4, -0.2) is 20.6 Å². The van der Waals surface area contributed by atoms with Gasteiger partial charge >= 0.3 is 5.97 Å². The van der Waals surface area contributed by atoms with E-state index < -0.39 is 5.97 Å². The number of imidazole rings is 1. The van der Waals surface area contributed by atoms with Crippen LogP contribution in [0.1, 0.15) is 36.5 Å². The maximum atomic E-state index is 10.8. The Morgan fingerprint density at radius 3 is 2.94 bits per heavy atom. The third-order valence-electron chi connectivity index (χ3n) is 2.87. The third-order valence-corrected chi connectivity index (χ3v) is 2.87. The van der Waals surface area contributed by atoms with E-state index in [0.29, 0.717) is 0 Å². The average Bonchev–Trinajstić information content (AvgIpc) is 2.72. The number of aryl methyl sites for hydroxylation is 1. The highest BCUT2D eigenvalue weighted by molar-refractivity contribution is 5.92. The molecule has 90 valence electrons. The van der Waals surface area contributed by atoms with Crippen LogP contribution in [-0.2, 0) is 6.54 Å². The number of carboxylic acids is 1. The van der Waals surface area contributed by atoms with Crippen molar-refractivity contribution in [3.63, 3.8) is 0 Å². The van der Waals surface area contributed by atoms with E-state index in [1.54, 1.807) is 18.5 Å². The van der Waals surface area contributed by atoms with Crippen LogP contribution in [0.4, 0.5) is 0 Å². The molecule has 4 nitrogen and oxygen atoms in total. The second-order valence-electron chi connectivity index (χ2n) is 4.15. The van der Waals surface area contributed by atoms with Gasteiger partial charge in [-0.2, -0.15) is 0 Å². The molecule has 0 aliphatic heterocycles. The van der Waals surface area contributed by atoms with E-state index in [2.05, 4.69) is 16.5 Å². The fraction of sp³-hybridized carbons (Fsp3) is 0.385. The lowest BCUT2D eigenvalue weighted by Crippen LogP contribution is -1.98. The van der Waals surface area contributed by atoms with Gasteiger partial charge in [0.15, 0.2) is 0 Å². The van der Waals surface area contributed by atoms with Crippen molar-refractivity contribution < 1.29 is 9.90 Å². The maximum absolute atomic E-state index is 10.8. The van der Waals surface area contributed by atoms with Crippen LogP contribution in [0.3, 0.4) is 0 Å². The predicted molar refractivity (Wildman–Crippen MR) is 66.2 cm³/mol. The second-order valence-corrected chi connectivity index (χ2v) is 4.15. The minimum absolute atomic E-state index is 0.288. The van der Waals surface area contributed by atoms with Gasteiger partial charge in [-0.25, -0.2) is 9.78 Å². The molecule has 0 bridgehead atoms. The zero-order valence-corrected chi connectivity index (χ0v) is 9.89. The van der Waals surface area contributed by atoms with E-state index >= 15 is 0 Å². The molecule has 2 rings (SSSR count). The molecule has 0 atom stereocenters. The average molecular weight is 232 g/mol. The lowest BCUT2D eigenvalue weighted by atomic mass is 10.2. The molecule has 0 aliphatic carbocycles. The third kappa shape index (κ3) is 2.46. The number of carboxylic acid groups (broad SMARTS) is 1. The molecule has 1 aromatic heterocycles. The Bertz CT molecular complexity index is 531. The Morgan fingerprint density at radius 1 is 1.41 bits per heavy atom. The van der Waals surface area contributed by atoms with Crippen LogP contribution in [0.5, 0.6) is 0 Å². The van der Waals surface area contributed by atoms with Crippen molar-refractivity contribution in [2.75, 3.05) is 0 Å². The molecule has 1 aromatic carbocycles. The molecule has 0 fully saturated rings. The van der Waals surface area contributed by atoms with Gasteiger partial charge in [0.25, 0.3) is 0 Å². The summed E-state index contributed by atoms with van der Waals surface area (Å²) in [6, 6.07) is 5.08. The number of hydrogen-bond acceptors (Lipinski definition) is 2. The Balaban J connectivity index is 2.25. The van der Waals surface area contributed by atoms with Crippen molar-refractivity contribution in [3.05, 3.63) is 30.1 Å². The molecule has 0 amide bonds. The number of benzene rings is 1. The zero-order chi connectivity index (χ0) is 12.3.